The van der Waals surface area contributed by atoms with E-state index in [9.17, 15) is 9.90 Å². The summed E-state index contributed by atoms with van der Waals surface area (Å²) >= 11 is 0. The summed E-state index contributed by atoms with van der Waals surface area (Å²) in [7, 11) is 0. The highest BCUT2D eigenvalue weighted by atomic mass is 16.4. The van der Waals surface area contributed by atoms with Gasteiger partial charge in [0.15, 0.2) is 5.82 Å². The summed E-state index contributed by atoms with van der Waals surface area (Å²) in [5.74, 6) is -0.160. The number of imidazole rings is 1. The van der Waals surface area contributed by atoms with Gasteiger partial charge in [-0.15, -0.1) is 0 Å². The van der Waals surface area contributed by atoms with Crippen LogP contribution in [0.3, 0.4) is 0 Å². The summed E-state index contributed by atoms with van der Waals surface area (Å²) in [4.78, 5) is 29.8. The average Bonchev–Trinajstić information content (AvgIpc) is 3.09. The summed E-state index contributed by atoms with van der Waals surface area (Å²) in [6.07, 6.45) is 5.57. The molecule has 0 saturated heterocycles. The van der Waals surface area contributed by atoms with Crippen LogP contribution in [0.15, 0.2) is 43.0 Å². The third kappa shape index (κ3) is 3.09. The maximum atomic E-state index is 11.7. The summed E-state index contributed by atoms with van der Waals surface area (Å²) in [6.45, 7) is 3.02. The Bertz CT molecular complexity index is 935. The van der Waals surface area contributed by atoms with Gasteiger partial charge in [-0.25, -0.2) is 15.0 Å². The number of benzene rings is 1. The maximum Gasteiger partial charge on any atom is 0.321 e. The highest BCUT2D eigenvalue weighted by molar-refractivity contribution is 5.74. The third-order valence-electron chi connectivity index (χ3n) is 4.76. The van der Waals surface area contributed by atoms with E-state index >= 15 is 0 Å². The molecular formula is C19H19N5O2. The number of aromatic amines is 1. The van der Waals surface area contributed by atoms with Crippen molar-refractivity contribution in [2.45, 2.75) is 32.5 Å². The summed E-state index contributed by atoms with van der Waals surface area (Å²) in [5, 5.41) is 9.56. The number of hydrogen-bond donors (Lipinski definition) is 2. The van der Waals surface area contributed by atoms with Crippen LogP contribution in [0.5, 0.6) is 0 Å². The number of aliphatic carboxylic acids is 1. The molecule has 0 fully saturated rings. The largest absolute Gasteiger partial charge is 0.480 e. The molecule has 2 aromatic heterocycles. The van der Waals surface area contributed by atoms with Gasteiger partial charge < -0.3 is 10.1 Å². The molecular weight excluding hydrogens is 330 g/mol. The highest BCUT2D eigenvalue weighted by Crippen LogP contribution is 2.23. The van der Waals surface area contributed by atoms with Gasteiger partial charge in [0.25, 0.3) is 0 Å². The Labute approximate surface area is 150 Å². The number of aromatic nitrogens is 4. The molecule has 4 rings (SSSR count). The second-order valence-electron chi connectivity index (χ2n) is 6.52. The Kier molecular flexibility index (Phi) is 4.22. The standard InChI is InChI=1S/C19H19N5O2/c1-12-4-2-3-5-14(12)18-20-7-13(8-21-18)9-24-10-16-15(22-11-23-16)6-17(24)19(25)26/h2-5,7-8,11,17H,6,9-10H2,1H3,(H,22,23)(H,25,26)/t17-/m0/s1. The molecule has 0 amide bonds. The van der Waals surface area contributed by atoms with Gasteiger partial charge in [0, 0.05) is 43.0 Å². The summed E-state index contributed by atoms with van der Waals surface area (Å²) in [6, 6.07) is 7.38. The van der Waals surface area contributed by atoms with E-state index < -0.39 is 12.0 Å². The van der Waals surface area contributed by atoms with E-state index in [4.69, 9.17) is 0 Å². The first-order valence-corrected chi connectivity index (χ1v) is 8.46. The van der Waals surface area contributed by atoms with Gasteiger partial charge in [0.2, 0.25) is 0 Å². The molecule has 7 heteroatoms. The van der Waals surface area contributed by atoms with Crippen molar-refractivity contribution < 1.29 is 9.90 Å². The first kappa shape index (κ1) is 16.4. The van der Waals surface area contributed by atoms with E-state index in [1.807, 2.05) is 36.1 Å². The van der Waals surface area contributed by atoms with Crippen LogP contribution in [0.4, 0.5) is 0 Å². The lowest BCUT2D eigenvalue weighted by Crippen LogP contribution is -2.45. The number of nitrogens with zero attached hydrogens (tertiary/aromatic N) is 4. The fourth-order valence-corrected chi connectivity index (χ4v) is 3.33. The Hall–Kier alpha value is -3.06. The number of aryl methyl sites for hydroxylation is 1. The number of fused-ring (bicyclic) bond motifs is 1. The van der Waals surface area contributed by atoms with Crippen LogP contribution in [0.25, 0.3) is 11.4 Å². The van der Waals surface area contributed by atoms with Crippen molar-refractivity contribution in [1.82, 2.24) is 24.8 Å². The van der Waals surface area contributed by atoms with Crippen LogP contribution in [-0.2, 0) is 24.3 Å². The Morgan fingerprint density at radius 3 is 2.77 bits per heavy atom. The number of hydrogen-bond acceptors (Lipinski definition) is 5. The zero-order valence-corrected chi connectivity index (χ0v) is 14.4. The van der Waals surface area contributed by atoms with E-state index in [1.165, 1.54) is 0 Å². The predicted octanol–water partition coefficient (Wildman–Crippen LogP) is 2.19. The van der Waals surface area contributed by atoms with Crippen molar-refractivity contribution in [1.29, 1.82) is 0 Å². The molecule has 0 radical (unpaired) electrons. The van der Waals surface area contributed by atoms with E-state index in [1.54, 1.807) is 18.7 Å². The van der Waals surface area contributed by atoms with Crippen molar-refractivity contribution in [3.05, 3.63) is 65.5 Å². The van der Waals surface area contributed by atoms with Crippen molar-refractivity contribution >= 4 is 5.97 Å². The van der Waals surface area contributed by atoms with Gasteiger partial charge in [0.05, 0.1) is 17.7 Å². The number of H-pyrrole nitrogens is 1. The quantitative estimate of drug-likeness (QED) is 0.750. The maximum absolute atomic E-state index is 11.7. The average molecular weight is 349 g/mol. The molecule has 3 aromatic rings. The van der Waals surface area contributed by atoms with Crippen LogP contribution in [-0.4, -0.2) is 42.0 Å². The zero-order chi connectivity index (χ0) is 18.1. The van der Waals surface area contributed by atoms with Crippen LogP contribution in [0.2, 0.25) is 0 Å². The molecule has 1 aliphatic heterocycles. The van der Waals surface area contributed by atoms with Gasteiger partial charge in [-0.1, -0.05) is 24.3 Å². The molecule has 7 nitrogen and oxygen atoms in total. The second-order valence-corrected chi connectivity index (χ2v) is 6.52. The molecule has 0 saturated carbocycles. The zero-order valence-electron chi connectivity index (χ0n) is 14.4. The minimum absolute atomic E-state index is 0.399. The third-order valence-corrected chi connectivity index (χ3v) is 4.76. The summed E-state index contributed by atoms with van der Waals surface area (Å²) < 4.78 is 0. The molecule has 26 heavy (non-hydrogen) atoms. The Morgan fingerprint density at radius 1 is 1.27 bits per heavy atom. The lowest BCUT2D eigenvalue weighted by Gasteiger charge is -2.32. The minimum Gasteiger partial charge on any atom is -0.480 e. The first-order chi connectivity index (χ1) is 12.6. The highest BCUT2D eigenvalue weighted by Gasteiger charge is 2.32. The lowest BCUT2D eigenvalue weighted by atomic mass is 10.0. The number of rotatable bonds is 4. The fourth-order valence-electron chi connectivity index (χ4n) is 3.33. The van der Waals surface area contributed by atoms with Crippen LogP contribution in [0.1, 0.15) is 22.5 Å². The van der Waals surface area contributed by atoms with Crippen LogP contribution >= 0.6 is 0 Å². The van der Waals surface area contributed by atoms with Crippen molar-refractivity contribution in [2.75, 3.05) is 0 Å². The lowest BCUT2D eigenvalue weighted by molar-refractivity contribution is -0.144. The topological polar surface area (TPSA) is 95.0 Å². The number of carbonyl (C=O) groups is 1. The molecule has 0 bridgehead atoms. The van der Waals surface area contributed by atoms with Crippen LogP contribution < -0.4 is 0 Å². The van der Waals surface area contributed by atoms with E-state index in [0.29, 0.717) is 25.3 Å². The van der Waals surface area contributed by atoms with Crippen molar-refractivity contribution in [2.24, 2.45) is 0 Å². The molecule has 1 atom stereocenters. The van der Waals surface area contributed by atoms with Crippen LogP contribution in [0, 0.1) is 6.92 Å². The monoisotopic (exact) mass is 349 g/mol. The van der Waals surface area contributed by atoms with Gasteiger partial charge in [-0.05, 0) is 12.5 Å². The molecule has 3 heterocycles. The van der Waals surface area contributed by atoms with Crippen molar-refractivity contribution in [3.8, 4) is 11.4 Å². The van der Waals surface area contributed by atoms with Gasteiger partial charge in [-0.2, -0.15) is 0 Å². The van der Waals surface area contributed by atoms with Gasteiger partial charge in [0.1, 0.15) is 6.04 Å². The SMILES string of the molecule is Cc1ccccc1-c1ncc(CN2Cc3[nH]cnc3C[C@H]2C(=O)O)cn1. The first-order valence-electron chi connectivity index (χ1n) is 8.46. The predicted molar refractivity (Wildman–Crippen MR) is 95.2 cm³/mol. The van der Waals surface area contributed by atoms with Gasteiger partial charge in [-0.3, -0.25) is 9.69 Å². The molecule has 2 N–H and O–H groups in total. The normalized spacial score (nSPS) is 17.0. The molecule has 0 unspecified atom stereocenters. The van der Waals surface area contributed by atoms with E-state index in [0.717, 1.165) is 28.1 Å². The van der Waals surface area contributed by atoms with Crippen molar-refractivity contribution in [3.63, 3.8) is 0 Å². The molecule has 132 valence electrons. The van der Waals surface area contributed by atoms with Gasteiger partial charge >= 0.3 is 5.97 Å². The summed E-state index contributed by atoms with van der Waals surface area (Å²) in [5.41, 5.74) is 4.81. The fraction of sp³-hybridized carbons (Fsp3) is 0.263. The number of carboxylic acid groups (broad SMARTS) is 1. The molecule has 1 aliphatic rings. The second kappa shape index (κ2) is 6.68. The molecule has 0 aliphatic carbocycles. The minimum atomic E-state index is -0.837. The number of carboxylic acids is 1. The molecule has 1 aromatic carbocycles. The van der Waals surface area contributed by atoms with E-state index in [-0.39, 0.29) is 0 Å². The molecule has 0 spiro atoms. The number of nitrogens with one attached hydrogen (secondary N) is 1. The van der Waals surface area contributed by atoms with E-state index in [2.05, 4.69) is 19.9 Å². The Balaban J connectivity index is 1.55. The Morgan fingerprint density at radius 2 is 2.04 bits per heavy atom. The smallest absolute Gasteiger partial charge is 0.321 e.